The van der Waals surface area contributed by atoms with Gasteiger partial charge in [-0.25, -0.2) is 0 Å². The quantitative estimate of drug-likeness (QED) is 0.859. The van der Waals surface area contributed by atoms with E-state index in [9.17, 15) is 0 Å². The Morgan fingerprint density at radius 2 is 1.90 bits per heavy atom. The van der Waals surface area contributed by atoms with Crippen LogP contribution in [0.4, 0.5) is 0 Å². The third kappa shape index (κ3) is 3.77. The molecular formula is C16H16O3S. The van der Waals surface area contributed by atoms with Crippen molar-refractivity contribution >= 4 is 11.3 Å². The van der Waals surface area contributed by atoms with Crippen LogP contribution in [0.1, 0.15) is 17.4 Å². The highest BCUT2D eigenvalue weighted by Crippen LogP contribution is 2.28. The van der Waals surface area contributed by atoms with Crippen molar-refractivity contribution in [1.29, 1.82) is 0 Å². The molecule has 2 aromatic rings. The van der Waals surface area contributed by atoms with Crippen molar-refractivity contribution in [2.24, 2.45) is 0 Å². The molecule has 2 rings (SSSR count). The smallest absolute Gasteiger partial charge is 0.161 e. The molecule has 0 aliphatic rings. The van der Waals surface area contributed by atoms with Crippen molar-refractivity contribution in [1.82, 2.24) is 0 Å². The Bertz CT molecular complexity index is 607. The lowest BCUT2D eigenvalue weighted by Gasteiger charge is -2.11. The monoisotopic (exact) mass is 288 g/mol. The summed E-state index contributed by atoms with van der Waals surface area (Å²) >= 11 is 1.59. The van der Waals surface area contributed by atoms with Gasteiger partial charge in [0.25, 0.3) is 0 Å². The highest BCUT2D eigenvalue weighted by Gasteiger charge is 2.07. The van der Waals surface area contributed by atoms with Crippen LogP contribution in [0.2, 0.25) is 0 Å². The number of thiophene rings is 1. The standard InChI is InChI=1S/C16H16O3S/c1-2-18-14-7-3-4-8-15(14)19-12-16-13(6-5-10-17)9-11-20-16/h3-4,7-9,11,17H,2,10,12H2,1H3. The molecule has 1 heterocycles. The summed E-state index contributed by atoms with van der Waals surface area (Å²) in [5.74, 6) is 7.04. The Morgan fingerprint density at radius 3 is 2.60 bits per heavy atom. The van der Waals surface area contributed by atoms with Gasteiger partial charge in [-0.15, -0.1) is 11.3 Å². The summed E-state index contributed by atoms with van der Waals surface area (Å²) in [6.07, 6.45) is 0. The molecule has 1 aromatic carbocycles. The first-order valence-electron chi connectivity index (χ1n) is 6.36. The molecule has 0 radical (unpaired) electrons. The van der Waals surface area contributed by atoms with E-state index in [-0.39, 0.29) is 6.61 Å². The lowest BCUT2D eigenvalue weighted by molar-refractivity contribution is 0.271. The average molecular weight is 288 g/mol. The minimum Gasteiger partial charge on any atom is -0.490 e. The van der Waals surface area contributed by atoms with E-state index in [2.05, 4.69) is 11.8 Å². The van der Waals surface area contributed by atoms with E-state index in [1.165, 1.54) is 0 Å². The SMILES string of the molecule is CCOc1ccccc1OCc1sccc1C#CCO. The summed E-state index contributed by atoms with van der Waals surface area (Å²) in [6.45, 7) is 2.85. The molecule has 104 valence electrons. The first kappa shape index (κ1) is 14.4. The summed E-state index contributed by atoms with van der Waals surface area (Å²) in [5, 5.41) is 10.7. The maximum atomic E-state index is 8.74. The Morgan fingerprint density at radius 1 is 1.15 bits per heavy atom. The van der Waals surface area contributed by atoms with Crippen LogP contribution in [0, 0.1) is 11.8 Å². The summed E-state index contributed by atoms with van der Waals surface area (Å²) in [5.41, 5.74) is 0.901. The van der Waals surface area contributed by atoms with Crippen molar-refractivity contribution in [2.45, 2.75) is 13.5 Å². The van der Waals surface area contributed by atoms with Gasteiger partial charge in [-0.1, -0.05) is 24.0 Å². The molecule has 0 fully saturated rings. The number of ether oxygens (including phenoxy) is 2. The van der Waals surface area contributed by atoms with Crippen molar-refractivity contribution in [3.8, 4) is 23.3 Å². The zero-order chi connectivity index (χ0) is 14.2. The van der Waals surface area contributed by atoms with E-state index in [0.29, 0.717) is 13.2 Å². The molecule has 1 aromatic heterocycles. The van der Waals surface area contributed by atoms with Crippen LogP contribution >= 0.6 is 11.3 Å². The second-order valence-electron chi connectivity index (χ2n) is 3.89. The number of benzene rings is 1. The molecule has 20 heavy (non-hydrogen) atoms. The molecule has 0 saturated carbocycles. The van der Waals surface area contributed by atoms with Gasteiger partial charge in [0.2, 0.25) is 0 Å². The highest BCUT2D eigenvalue weighted by molar-refractivity contribution is 7.10. The predicted molar refractivity (Wildman–Crippen MR) is 80.2 cm³/mol. The Labute approximate surface area is 122 Å². The average Bonchev–Trinajstić information content (AvgIpc) is 2.92. The molecule has 0 bridgehead atoms. The second kappa shape index (κ2) is 7.59. The molecule has 4 heteroatoms. The fraction of sp³-hybridized carbons (Fsp3) is 0.250. The molecule has 0 aliphatic heterocycles. The van der Waals surface area contributed by atoms with Crippen LogP contribution < -0.4 is 9.47 Å². The van der Waals surface area contributed by atoms with Crippen molar-refractivity contribution in [2.75, 3.05) is 13.2 Å². The number of aliphatic hydroxyl groups excluding tert-OH is 1. The highest BCUT2D eigenvalue weighted by atomic mass is 32.1. The molecule has 0 atom stereocenters. The molecule has 1 N–H and O–H groups in total. The van der Waals surface area contributed by atoms with Gasteiger partial charge < -0.3 is 14.6 Å². The number of para-hydroxylation sites is 2. The van der Waals surface area contributed by atoms with Crippen LogP contribution in [-0.4, -0.2) is 18.3 Å². The van der Waals surface area contributed by atoms with E-state index in [1.54, 1.807) is 11.3 Å². The first-order chi connectivity index (χ1) is 9.85. The van der Waals surface area contributed by atoms with E-state index in [0.717, 1.165) is 21.9 Å². The van der Waals surface area contributed by atoms with E-state index >= 15 is 0 Å². The van der Waals surface area contributed by atoms with Gasteiger partial charge in [-0.05, 0) is 30.5 Å². The first-order valence-corrected chi connectivity index (χ1v) is 7.23. The minimum absolute atomic E-state index is 0.136. The minimum atomic E-state index is -0.136. The van der Waals surface area contributed by atoms with Crippen LogP contribution in [0.25, 0.3) is 0 Å². The Hall–Kier alpha value is -1.96. The fourth-order valence-corrected chi connectivity index (χ4v) is 2.43. The van der Waals surface area contributed by atoms with Gasteiger partial charge in [0, 0.05) is 5.56 Å². The summed E-state index contributed by atoms with van der Waals surface area (Å²) < 4.78 is 11.3. The predicted octanol–water partition coefficient (Wildman–Crippen LogP) is 3.07. The number of rotatable bonds is 5. The van der Waals surface area contributed by atoms with Crippen LogP contribution in [0.15, 0.2) is 35.7 Å². The molecule has 3 nitrogen and oxygen atoms in total. The number of hydrogen-bond donors (Lipinski definition) is 1. The molecular weight excluding hydrogens is 272 g/mol. The van der Waals surface area contributed by atoms with Crippen molar-refractivity contribution < 1.29 is 14.6 Å². The zero-order valence-corrected chi connectivity index (χ0v) is 12.1. The van der Waals surface area contributed by atoms with Crippen LogP contribution in [0.3, 0.4) is 0 Å². The van der Waals surface area contributed by atoms with Crippen molar-refractivity contribution in [3.05, 3.63) is 46.2 Å². The molecule has 0 unspecified atom stereocenters. The zero-order valence-electron chi connectivity index (χ0n) is 11.3. The van der Waals surface area contributed by atoms with Crippen LogP contribution in [-0.2, 0) is 6.61 Å². The molecule has 0 amide bonds. The third-order valence-corrected chi connectivity index (χ3v) is 3.45. The topological polar surface area (TPSA) is 38.7 Å². The molecule has 0 spiro atoms. The number of aliphatic hydroxyl groups is 1. The summed E-state index contributed by atoms with van der Waals surface area (Å²) in [7, 11) is 0. The summed E-state index contributed by atoms with van der Waals surface area (Å²) in [4.78, 5) is 1.04. The second-order valence-corrected chi connectivity index (χ2v) is 4.89. The van der Waals surface area contributed by atoms with Gasteiger partial charge in [-0.3, -0.25) is 0 Å². The third-order valence-electron chi connectivity index (χ3n) is 2.56. The van der Waals surface area contributed by atoms with Gasteiger partial charge in [0.1, 0.15) is 13.2 Å². The van der Waals surface area contributed by atoms with Gasteiger partial charge in [-0.2, -0.15) is 0 Å². The maximum absolute atomic E-state index is 8.74. The summed E-state index contributed by atoms with van der Waals surface area (Å²) in [6, 6.07) is 9.54. The van der Waals surface area contributed by atoms with E-state index < -0.39 is 0 Å². The van der Waals surface area contributed by atoms with Crippen molar-refractivity contribution in [3.63, 3.8) is 0 Å². The van der Waals surface area contributed by atoms with E-state index in [4.69, 9.17) is 14.6 Å². The maximum Gasteiger partial charge on any atom is 0.161 e. The lowest BCUT2D eigenvalue weighted by atomic mass is 10.2. The lowest BCUT2D eigenvalue weighted by Crippen LogP contribution is -1.99. The van der Waals surface area contributed by atoms with Gasteiger partial charge in [0.15, 0.2) is 11.5 Å². The fourth-order valence-electron chi connectivity index (χ4n) is 1.69. The molecule has 0 saturated heterocycles. The van der Waals surface area contributed by atoms with E-state index in [1.807, 2.05) is 42.6 Å². The number of hydrogen-bond acceptors (Lipinski definition) is 4. The normalized spacial score (nSPS) is 9.70. The Kier molecular flexibility index (Phi) is 5.48. The largest absolute Gasteiger partial charge is 0.490 e. The van der Waals surface area contributed by atoms with Crippen LogP contribution in [0.5, 0.6) is 11.5 Å². The van der Waals surface area contributed by atoms with Gasteiger partial charge in [0.05, 0.1) is 11.5 Å². The van der Waals surface area contributed by atoms with Gasteiger partial charge >= 0.3 is 0 Å². The molecule has 0 aliphatic carbocycles. The Balaban J connectivity index is 2.07.